The zero-order chi connectivity index (χ0) is 25.1. The van der Waals surface area contributed by atoms with Gasteiger partial charge in [0.25, 0.3) is 0 Å². The van der Waals surface area contributed by atoms with Gasteiger partial charge in [-0.25, -0.2) is 9.37 Å². The summed E-state index contributed by atoms with van der Waals surface area (Å²) in [6.07, 6.45) is 0.362. The Labute approximate surface area is 206 Å². The highest BCUT2D eigenvalue weighted by atomic mass is 19.1. The van der Waals surface area contributed by atoms with Gasteiger partial charge < -0.3 is 25.6 Å². The van der Waals surface area contributed by atoms with Crippen molar-refractivity contribution in [3.8, 4) is 11.5 Å². The van der Waals surface area contributed by atoms with Gasteiger partial charge in [0.05, 0.1) is 30.3 Å². The molecule has 0 fully saturated rings. The zero-order valence-corrected chi connectivity index (χ0v) is 19.6. The fourth-order valence-electron chi connectivity index (χ4n) is 4.08. The van der Waals surface area contributed by atoms with Gasteiger partial charge in [-0.15, -0.1) is 5.10 Å². The molecule has 0 aliphatic heterocycles. The van der Waals surface area contributed by atoms with Gasteiger partial charge in [-0.2, -0.15) is 9.50 Å². The van der Waals surface area contributed by atoms with Crippen molar-refractivity contribution in [2.45, 2.75) is 13.0 Å². The van der Waals surface area contributed by atoms with E-state index in [9.17, 15) is 9.50 Å². The van der Waals surface area contributed by atoms with Crippen LogP contribution in [0, 0.1) is 5.82 Å². The molecule has 184 valence electrons. The Morgan fingerprint density at radius 2 is 1.86 bits per heavy atom. The first-order valence-electron chi connectivity index (χ1n) is 11.4. The quantitative estimate of drug-likeness (QED) is 0.288. The third-order valence-corrected chi connectivity index (χ3v) is 5.68. The minimum atomic E-state index is -0.459. The Bertz CT molecular complexity index is 1520. The number of fused-ring (bicyclic) bond motifs is 3. The molecule has 0 amide bonds. The summed E-state index contributed by atoms with van der Waals surface area (Å²) < 4.78 is 27.5. The van der Waals surface area contributed by atoms with Crippen molar-refractivity contribution in [1.82, 2.24) is 19.6 Å². The second-order valence-corrected chi connectivity index (χ2v) is 8.17. The van der Waals surface area contributed by atoms with Crippen LogP contribution < -0.4 is 20.5 Å². The van der Waals surface area contributed by atoms with Gasteiger partial charge in [0, 0.05) is 19.0 Å². The maximum atomic E-state index is 14.4. The first kappa shape index (κ1) is 23.3. The molecular formula is C26H25FN6O3. The van der Waals surface area contributed by atoms with Crippen molar-refractivity contribution in [2.24, 2.45) is 0 Å². The third kappa shape index (κ3) is 4.71. The second kappa shape index (κ2) is 10.0. The summed E-state index contributed by atoms with van der Waals surface area (Å²) in [6, 6.07) is 18.2. The molecule has 3 aromatic carbocycles. The van der Waals surface area contributed by atoms with E-state index in [0.717, 1.165) is 11.1 Å². The third-order valence-electron chi connectivity index (χ3n) is 5.68. The van der Waals surface area contributed by atoms with E-state index in [1.54, 1.807) is 11.6 Å². The lowest BCUT2D eigenvalue weighted by Gasteiger charge is -2.14. The summed E-state index contributed by atoms with van der Waals surface area (Å²) in [6.45, 7) is 0.552. The smallest absolute Gasteiger partial charge is 0.240 e. The first-order chi connectivity index (χ1) is 17.6. The minimum Gasteiger partial charge on any atom is -0.493 e. The van der Waals surface area contributed by atoms with Crippen LogP contribution in [0.2, 0.25) is 0 Å². The van der Waals surface area contributed by atoms with E-state index in [1.165, 1.54) is 12.1 Å². The highest BCUT2D eigenvalue weighted by Gasteiger charge is 2.18. The van der Waals surface area contributed by atoms with Crippen LogP contribution in [0.4, 0.5) is 16.0 Å². The van der Waals surface area contributed by atoms with Crippen LogP contribution in [0.15, 0.2) is 60.7 Å². The van der Waals surface area contributed by atoms with Crippen LogP contribution in [-0.2, 0) is 13.0 Å². The number of hydrogen-bond acceptors (Lipinski definition) is 8. The number of aliphatic hydroxyl groups is 1. The van der Waals surface area contributed by atoms with Crippen LogP contribution in [-0.4, -0.2) is 45.0 Å². The fraction of sp³-hybridized carbons (Fsp3) is 0.192. The molecule has 2 heterocycles. The van der Waals surface area contributed by atoms with Crippen molar-refractivity contribution in [2.75, 3.05) is 31.3 Å². The topological polar surface area (TPSA) is 120 Å². The number of rotatable bonds is 9. The number of benzene rings is 3. The molecule has 0 aliphatic rings. The number of nitrogens with one attached hydrogen (secondary N) is 1. The summed E-state index contributed by atoms with van der Waals surface area (Å²) >= 11 is 0. The summed E-state index contributed by atoms with van der Waals surface area (Å²) in [5, 5.41) is 17.1. The van der Waals surface area contributed by atoms with E-state index >= 15 is 0 Å². The maximum Gasteiger partial charge on any atom is 0.240 e. The van der Waals surface area contributed by atoms with Crippen molar-refractivity contribution < 1.29 is 19.0 Å². The predicted molar refractivity (Wildman–Crippen MR) is 135 cm³/mol. The van der Waals surface area contributed by atoms with Crippen molar-refractivity contribution in [3.63, 3.8) is 0 Å². The van der Waals surface area contributed by atoms with Crippen LogP contribution in [0.1, 0.15) is 17.0 Å². The number of hydrogen-bond donors (Lipinski definition) is 3. The van der Waals surface area contributed by atoms with Crippen molar-refractivity contribution in [3.05, 3.63) is 83.4 Å². The van der Waals surface area contributed by atoms with Gasteiger partial charge in [0.1, 0.15) is 18.2 Å². The Balaban J connectivity index is 1.50. The van der Waals surface area contributed by atoms with Gasteiger partial charge >= 0.3 is 0 Å². The van der Waals surface area contributed by atoms with Gasteiger partial charge in [-0.3, -0.25) is 0 Å². The number of nitrogens with two attached hydrogens (primary N) is 1. The molecule has 2 aromatic heterocycles. The monoisotopic (exact) mass is 488 g/mol. The Morgan fingerprint density at radius 1 is 1.03 bits per heavy atom. The molecule has 36 heavy (non-hydrogen) atoms. The molecule has 4 N–H and O–H groups in total. The summed E-state index contributed by atoms with van der Waals surface area (Å²) in [4.78, 5) is 9.05. The average Bonchev–Trinajstić information content (AvgIpc) is 3.28. The van der Waals surface area contributed by atoms with Crippen molar-refractivity contribution in [1.29, 1.82) is 0 Å². The highest BCUT2D eigenvalue weighted by Crippen LogP contribution is 2.32. The van der Waals surface area contributed by atoms with E-state index < -0.39 is 5.82 Å². The van der Waals surface area contributed by atoms with E-state index in [4.69, 9.17) is 15.2 Å². The molecule has 9 nitrogen and oxygen atoms in total. The number of methoxy groups -OCH3 is 1. The lowest BCUT2D eigenvalue weighted by atomic mass is 10.1. The van der Waals surface area contributed by atoms with Crippen LogP contribution in [0.5, 0.6) is 11.5 Å². The molecule has 10 heteroatoms. The number of ether oxygens (including phenoxy) is 2. The van der Waals surface area contributed by atoms with Crippen LogP contribution in [0.3, 0.4) is 0 Å². The number of nitrogen functional groups attached to an aromatic ring is 1. The molecule has 0 aliphatic carbocycles. The van der Waals surface area contributed by atoms with Gasteiger partial charge in [0.2, 0.25) is 5.95 Å². The molecule has 5 rings (SSSR count). The molecule has 0 atom stereocenters. The number of aromatic nitrogens is 4. The predicted octanol–water partition coefficient (Wildman–Crippen LogP) is 3.58. The Morgan fingerprint density at radius 3 is 2.64 bits per heavy atom. The van der Waals surface area contributed by atoms with E-state index in [2.05, 4.69) is 20.4 Å². The molecule has 0 bridgehead atoms. The fourth-order valence-corrected chi connectivity index (χ4v) is 4.08. The SMILES string of the molecule is COc1cc(Cc2nc3cc(F)cc(NCCO)c3c3nc(N)nn23)ccc1OCc1ccccc1. The van der Waals surface area contributed by atoms with Gasteiger partial charge in [-0.05, 0) is 29.3 Å². The molecule has 5 aromatic rings. The highest BCUT2D eigenvalue weighted by molar-refractivity contribution is 6.01. The molecule has 0 saturated carbocycles. The number of anilines is 2. The van der Waals surface area contributed by atoms with Crippen LogP contribution in [0.25, 0.3) is 16.6 Å². The largest absolute Gasteiger partial charge is 0.493 e. The molecular weight excluding hydrogens is 463 g/mol. The zero-order valence-electron chi connectivity index (χ0n) is 19.6. The maximum absolute atomic E-state index is 14.4. The van der Waals surface area contributed by atoms with Gasteiger partial charge in [0.15, 0.2) is 17.1 Å². The summed E-state index contributed by atoms with van der Waals surface area (Å²) in [5.74, 6) is 1.35. The molecule has 0 spiro atoms. The Kier molecular flexibility index (Phi) is 6.50. The van der Waals surface area contributed by atoms with E-state index in [1.807, 2.05) is 48.5 Å². The lowest BCUT2D eigenvalue weighted by molar-refractivity contribution is 0.284. The first-order valence-corrected chi connectivity index (χ1v) is 11.4. The summed E-state index contributed by atoms with van der Waals surface area (Å²) in [7, 11) is 1.59. The average molecular weight is 489 g/mol. The standard InChI is InChI=1S/C26H25FN6O3/c1-35-22-11-17(7-8-21(22)36-15-16-5-3-2-4-6-16)12-23-30-20-14-18(27)13-19(29-9-10-34)24(20)25-31-26(28)32-33(23)25/h2-8,11,13-14,29,34H,9-10,12,15H2,1H3,(H2,28,32). The number of nitrogens with zero attached hydrogens (tertiary/aromatic N) is 4. The molecule has 0 radical (unpaired) electrons. The Hall–Kier alpha value is -4.44. The normalized spacial score (nSPS) is 11.2. The van der Waals surface area contributed by atoms with Gasteiger partial charge in [-0.1, -0.05) is 36.4 Å². The lowest BCUT2D eigenvalue weighted by Crippen LogP contribution is -2.09. The van der Waals surface area contributed by atoms with E-state index in [0.29, 0.717) is 52.6 Å². The summed E-state index contributed by atoms with van der Waals surface area (Å²) in [5.41, 5.74) is 9.17. The number of halogens is 1. The van der Waals surface area contributed by atoms with E-state index in [-0.39, 0.29) is 19.1 Å². The second-order valence-electron chi connectivity index (χ2n) is 8.17. The molecule has 0 saturated heterocycles. The number of aliphatic hydroxyl groups excluding tert-OH is 1. The van der Waals surface area contributed by atoms with Crippen molar-refractivity contribution >= 4 is 28.2 Å². The minimum absolute atomic E-state index is 0.0743. The van der Waals surface area contributed by atoms with Crippen LogP contribution >= 0.6 is 0 Å². The molecule has 0 unspecified atom stereocenters.